The van der Waals surface area contributed by atoms with Crippen LogP contribution in [0.5, 0.6) is 5.75 Å². The lowest BCUT2D eigenvalue weighted by Gasteiger charge is -2.09. The molecule has 0 aliphatic heterocycles. The third-order valence-corrected chi connectivity index (χ3v) is 3.27. The highest BCUT2D eigenvalue weighted by atomic mass is 79.9. The van der Waals surface area contributed by atoms with E-state index in [-0.39, 0.29) is 0 Å². The smallest absolute Gasteiger partial charge is 0.123 e. The number of hydrogen-bond donors (Lipinski definition) is 1. The van der Waals surface area contributed by atoms with Gasteiger partial charge in [0.25, 0.3) is 0 Å². The molecule has 0 spiro atoms. The van der Waals surface area contributed by atoms with Crippen LogP contribution in [0.1, 0.15) is 11.1 Å². The van der Waals surface area contributed by atoms with Crippen molar-refractivity contribution >= 4 is 21.6 Å². The van der Waals surface area contributed by atoms with Gasteiger partial charge < -0.3 is 10.5 Å². The fourth-order valence-electron chi connectivity index (χ4n) is 1.69. The lowest BCUT2D eigenvalue weighted by atomic mass is 10.1. The highest BCUT2D eigenvalue weighted by molar-refractivity contribution is 9.10. The van der Waals surface area contributed by atoms with Crippen LogP contribution >= 0.6 is 15.9 Å². The van der Waals surface area contributed by atoms with Gasteiger partial charge in [-0.1, -0.05) is 34.1 Å². The number of rotatable bonds is 4. The molecule has 0 saturated carbocycles. The molecule has 0 atom stereocenters. The van der Waals surface area contributed by atoms with Crippen molar-refractivity contribution in [2.24, 2.45) is 0 Å². The van der Waals surface area contributed by atoms with E-state index >= 15 is 0 Å². The number of nitrogens with two attached hydrogens (primary N) is 1. The summed E-state index contributed by atoms with van der Waals surface area (Å²) in [6, 6.07) is 14.0. The van der Waals surface area contributed by atoms with Crippen LogP contribution in [0.4, 0.5) is 5.69 Å². The molecule has 0 amide bonds. The fraction of sp³-hybridized carbons (Fsp3) is 0.200. The number of anilines is 1. The van der Waals surface area contributed by atoms with Crippen molar-refractivity contribution < 1.29 is 4.74 Å². The quantitative estimate of drug-likeness (QED) is 0.868. The second kappa shape index (κ2) is 5.91. The molecule has 0 heterocycles. The number of aryl methyl sites for hydroxylation is 1. The molecule has 0 aromatic heterocycles. The summed E-state index contributed by atoms with van der Waals surface area (Å²) < 4.78 is 6.83. The summed E-state index contributed by atoms with van der Waals surface area (Å²) in [6.07, 6.45) is 0.881. The van der Waals surface area contributed by atoms with E-state index in [0.717, 1.165) is 27.9 Å². The predicted octanol–water partition coefficient (Wildman–Crippen LogP) is 3.96. The highest BCUT2D eigenvalue weighted by Crippen LogP contribution is 2.23. The van der Waals surface area contributed by atoms with Gasteiger partial charge in [-0.2, -0.15) is 0 Å². The van der Waals surface area contributed by atoms with E-state index in [9.17, 15) is 0 Å². The minimum atomic E-state index is 0.668. The molecular formula is C15H16BrNO. The molecule has 0 aliphatic rings. The Labute approximate surface area is 116 Å². The zero-order valence-electron chi connectivity index (χ0n) is 10.3. The second-order valence-electron chi connectivity index (χ2n) is 4.25. The molecule has 2 N–H and O–H groups in total. The monoisotopic (exact) mass is 305 g/mol. The third-order valence-electron chi connectivity index (χ3n) is 2.78. The zero-order valence-corrected chi connectivity index (χ0v) is 11.9. The van der Waals surface area contributed by atoms with Crippen molar-refractivity contribution in [3.63, 3.8) is 0 Å². The maximum Gasteiger partial charge on any atom is 0.123 e. The van der Waals surface area contributed by atoms with Gasteiger partial charge in [-0.15, -0.1) is 0 Å². The van der Waals surface area contributed by atoms with Crippen molar-refractivity contribution in [3.8, 4) is 5.75 Å². The summed E-state index contributed by atoms with van der Waals surface area (Å²) >= 11 is 3.45. The maximum atomic E-state index is 5.79. The van der Waals surface area contributed by atoms with E-state index in [4.69, 9.17) is 10.5 Å². The van der Waals surface area contributed by atoms with Gasteiger partial charge in [0.15, 0.2) is 0 Å². The topological polar surface area (TPSA) is 35.2 Å². The second-order valence-corrected chi connectivity index (χ2v) is 5.17. The Morgan fingerprint density at radius 2 is 1.83 bits per heavy atom. The van der Waals surface area contributed by atoms with Gasteiger partial charge in [0.1, 0.15) is 5.75 Å². The van der Waals surface area contributed by atoms with E-state index in [1.54, 1.807) is 0 Å². The summed E-state index contributed by atoms with van der Waals surface area (Å²) in [6.45, 7) is 2.71. The van der Waals surface area contributed by atoms with Crippen LogP contribution in [0, 0.1) is 6.92 Å². The Kier molecular flexibility index (Phi) is 4.26. The molecule has 0 radical (unpaired) electrons. The Morgan fingerprint density at radius 1 is 1.11 bits per heavy atom. The molecule has 3 heteroatoms. The maximum absolute atomic E-state index is 5.79. The molecule has 0 fully saturated rings. The lowest BCUT2D eigenvalue weighted by molar-refractivity contribution is 0.319. The Bertz CT molecular complexity index is 523. The normalized spacial score (nSPS) is 10.3. The van der Waals surface area contributed by atoms with Crippen LogP contribution in [0.15, 0.2) is 46.9 Å². The number of ether oxygens (including phenoxy) is 1. The molecule has 0 bridgehead atoms. The molecule has 2 nitrogen and oxygen atoms in total. The zero-order chi connectivity index (χ0) is 13.0. The molecular weight excluding hydrogens is 290 g/mol. The van der Waals surface area contributed by atoms with Crippen molar-refractivity contribution in [1.29, 1.82) is 0 Å². The fourth-order valence-corrected chi connectivity index (χ4v) is 2.03. The van der Waals surface area contributed by atoms with Crippen molar-refractivity contribution in [2.75, 3.05) is 12.3 Å². The van der Waals surface area contributed by atoms with E-state index in [1.165, 1.54) is 5.56 Å². The van der Waals surface area contributed by atoms with E-state index in [0.29, 0.717) is 6.61 Å². The standard InChI is InChI=1S/C15H16BrNO/c1-11-2-5-13(16)10-15(11)18-9-8-12-3-6-14(17)7-4-12/h2-7,10H,8-9,17H2,1H3. The molecule has 2 aromatic carbocycles. The Hall–Kier alpha value is -1.48. The van der Waals surface area contributed by atoms with E-state index in [1.807, 2.05) is 49.4 Å². The number of nitrogen functional groups attached to an aromatic ring is 1. The Balaban J connectivity index is 1.92. The van der Waals surface area contributed by atoms with Gasteiger partial charge in [-0.3, -0.25) is 0 Å². The predicted molar refractivity (Wildman–Crippen MR) is 78.9 cm³/mol. The molecule has 0 unspecified atom stereocenters. The van der Waals surface area contributed by atoms with Crippen LogP contribution < -0.4 is 10.5 Å². The van der Waals surface area contributed by atoms with Crippen molar-refractivity contribution in [2.45, 2.75) is 13.3 Å². The van der Waals surface area contributed by atoms with Crippen molar-refractivity contribution in [3.05, 3.63) is 58.1 Å². The first-order valence-electron chi connectivity index (χ1n) is 5.88. The minimum absolute atomic E-state index is 0.668. The highest BCUT2D eigenvalue weighted by Gasteiger charge is 2.00. The number of benzene rings is 2. The lowest BCUT2D eigenvalue weighted by Crippen LogP contribution is -2.02. The summed E-state index contributed by atoms with van der Waals surface area (Å²) in [5.41, 5.74) is 8.82. The molecule has 18 heavy (non-hydrogen) atoms. The van der Waals surface area contributed by atoms with Gasteiger partial charge in [0.2, 0.25) is 0 Å². The average molecular weight is 306 g/mol. The van der Waals surface area contributed by atoms with E-state index < -0.39 is 0 Å². The summed E-state index contributed by atoms with van der Waals surface area (Å²) in [7, 11) is 0. The number of halogens is 1. The first-order valence-corrected chi connectivity index (χ1v) is 6.68. The van der Waals surface area contributed by atoms with Gasteiger partial charge in [0, 0.05) is 16.6 Å². The first-order chi connectivity index (χ1) is 8.65. The molecule has 2 aromatic rings. The number of hydrogen-bond acceptors (Lipinski definition) is 2. The van der Waals surface area contributed by atoms with Crippen LogP contribution in [0.2, 0.25) is 0 Å². The summed E-state index contributed by atoms with van der Waals surface area (Å²) in [4.78, 5) is 0. The van der Waals surface area contributed by atoms with Gasteiger partial charge in [-0.05, 0) is 42.3 Å². The molecule has 94 valence electrons. The average Bonchev–Trinajstić information content (AvgIpc) is 2.36. The molecule has 0 saturated heterocycles. The van der Waals surface area contributed by atoms with Crippen LogP contribution in [0.3, 0.4) is 0 Å². The van der Waals surface area contributed by atoms with Gasteiger partial charge >= 0.3 is 0 Å². The van der Waals surface area contributed by atoms with E-state index in [2.05, 4.69) is 15.9 Å². The SMILES string of the molecule is Cc1ccc(Br)cc1OCCc1ccc(N)cc1. The summed E-state index contributed by atoms with van der Waals surface area (Å²) in [5, 5.41) is 0. The summed E-state index contributed by atoms with van der Waals surface area (Å²) in [5.74, 6) is 0.930. The first kappa shape index (κ1) is 13.0. The van der Waals surface area contributed by atoms with Crippen LogP contribution in [-0.2, 0) is 6.42 Å². The van der Waals surface area contributed by atoms with Crippen LogP contribution in [0.25, 0.3) is 0 Å². The minimum Gasteiger partial charge on any atom is -0.493 e. The largest absolute Gasteiger partial charge is 0.493 e. The third kappa shape index (κ3) is 3.50. The van der Waals surface area contributed by atoms with Crippen LogP contribution in [-0.4, -0.2) is 6.61 Å². The van der Waals surface area contributed by atoms with Gasteiger partial charge in [0.05, 0.1) is 6.61 Å². The molecule has 2 rings (SSSR count). The Morgan fingerprint density at radius 3 is 2.56 bits per heavy atom. The van der Waals surface area contributed by atoms with Crippen molar-refractivity contribution in [1.82, 2.24) is 0 Å². The van der Waals surface area contributed by atoms with Gasteiger partial charge in [-0.25, -0.2) is 0 Å². The molecule has 0 aliphatic carbocycles.